The fourth-order valence-electron chi connectivity index (χ4n) is 1.97. The first-order valence-electron chi connectivity index (χ1n) is 7.74. The Morgan fingerprint density at radius 3 is 2.58 bits per heavy atom. The normalized spacial score (nSPS) is 10.4. The quantitative estimate of drug-likeness (QED) is 0.354. The van der Waals surface area contributed by atoms with E-state index in [1.807, 2.05) is 0 Å². The second-order valence-electron chi connectivity index (χ2n) is 5.28. The van der Waals surface area contributed by atoms with Crippen molar-refractivity contribution in [1.82, 2.24) is 5.43 Å². The lowest BCUT2D eigenvalue weighted by Gasteiger charge is -2.07. The van der Waals surface area contributed by atoms with Gasteiger partial charge in [-0.3, -0.25) is 9.59 Å². The van der Waals surface area contributed by atoms with Gasteiger partial charge in [-0.2, -0.15) is 5.10 Å². The molecule has 2 N–H and O–H groups in total. The highest BCUT2D eigenvalue weighted by atomic mass is 35.5. The lowest BCUT2D eigenvalue weighted by Crippen LogP contribution is -2.32. The van der Waals surface area contributed by atoms with Gasteiger partial charge < -0.3 is 10.1 Å². The number of rotatable bonds is 6. The van der Waals surface area contributed by atoms with Gasteiger partial charge in [0.05, 0.1) is 6.21 Å². The maximum atomic E-state index is 11.9. The number of carbonyl (C=O) groups excluding carboxylic acids is 2. The van der Waals surface area contributed by atoms with Crippen molar-refractivity contribution in [3.8, 4) is 5.75 Å². The Kier molecular flexibility index (Phi) is 6.93. The average molecular weight is 372 g/mol. The molecule has 0 radical (unpaired) electrons. The van der Waals surface area contributed by atoms with Crippen LogP contribution >= 0.6 is 11.6 Å². The molecule has 2 rings (SSSR count). The zero-order chi connectivity index (χ0) is 18.9. The second-order valence-corrected chi connectivity index (χ2v) is 5.72. The number of carbonyl (C=O) groups is 2. The van der Waals surface area contributed by atoms with E-state index in [9.17, 15) is 9.59 Å². The molecule has 0 atom stereocenters. The predicted octanol–water partition coefficient (Wildman–Crippen LogP) is 3.30. The van der Waals surface area contributed by atoms with E-state index in [1.54, 1.807) is 55.5 Å². The maximum Gasteiger partial charge on any atom is 0.329 e. The summed E-state index contributed by atoms with van der Waals surface area (Å²) >= 11 is 5.85. The van der Waals surface area contributed by atoms with Crippen LogP contribution in [0.3, 0.4) is 0 Å². The Bertz CT molecular complexity index is 832. The fraction of sp³-hybridized carbons (Fsp3) is 0.105. The number of aryl methyl sites for hydroxylation is 1. The number of anilines is 1. The zero-order valence-corrected chi connectivity index (χ0v) is 14.9. The van der Waals surface area contributed by atoms with Gasteiger partial charge in [0.25, 0.3) is 0 Å². The van der Waals surface area contributed by atoms with Crippen LogP contribution in [-0.2, 0) is 9.59 Å². The van der Waals surface area contributed by atoms with Crippen molar-refractivity contribution in [3.05, 3.63) is 71.3 Å². The van der Waals surface area contributed by atoms with Gasteiger partial charge in [0.15, 0.2) is 0 Å². The molecule has 2 aromatic rings. The molecule has 0 bridgehead atoms. The Labute approximate surface area is 156 Å². The second kappa shape index (κ2) is 9.39. The standard InChI is InChI=1S/C19H18ClN3O3/c1-3-10-26-16-7-4-14(5-8-16)12-21-23-19(25)18(24)22-17-9-6-15(20)11-13(17)2/h3-9,11-12H,1,10H2,2H3,(H,22,24)(H,23,25)/b21-12-. The summed E-state index contributed by atoms with van der Waals surface area (Å²) in [6.45, 7) is 5.77. The van der Waals surface area contributed by atoms with Gasteiger partial charge in [0.2, 0.25) is 0 Å². The topological polar surface area (TPSA) is 79.8 Å². The van der Waals surface area contributed by atoms with Crippen LogP contribution in [0.15, 0.2) is 60.2 Å². The molecule has 2 amide bonds. The van der Waals surface area contributed by atoms with Crippen molar-refractivity contribution in [2.24, 2.45) is 5.10 Å². The first kappa shape index (κ1) is 19.2. The fourth-order valence-corrected chi connectivity index (χ4v) is 2.19. The number of amides is 2. The summed E-state index contributed by atoms with van der Waals surface area (Å²) in [5.74, 6) is -0.994. The molecule has 0 saturated carbocycles. The largest absolute Gasteiger partial charge is 0.490 e. The van der Waals surface area contributed by atoms with Gasteiger partial charge in [0, 0.05) is 10.7 Å². The van der Waals surface area contributed by atoms with E-state index in [4.69, 9.17) is 16.3 Å². The Morgan fingerprint density at radius 1 is 1.19 bits per heavy atom. The molecule has 7 heteroatoms. The van der Waals surface area contributed by atoms with Crippen molar-refractivity contribution >= 4 is 35.3 Å². The molecule has 6 nitrogen and oxygen atoms in total. The monoisotopic (exact) mass is 371 g/mol. The van der Waals surface area contributed by atoms with Gasteiger partial charge in [-0.1, -0.05) is 24.3 Å². The summed E-state index contributed by atoms with van der Waals surface area (Å²) in [5.41, 5.74) is 4.18. The summed E-state index contributed by atoms with van der Waals surface area (Å²) < 4.78 is 5.36. The molecule has 0 aliphatic heterocycles. The van der Waals surface area contributed by atoms with Crippen molar-refractivity contribution in [3.63, 3.8) is 0 Å². The van der Waals surface area contributed by atoms with Crippen LogP contribution < -0.4 is 15.5 Å². The highest BCUT2D eigenvalue weighted by Crippen LogP contribution is 2.19. The zero-order valence-electron chi connectivity index (χ0n) is 14.2. The lowest BCUT2D eigenvalue weighted by atomic mass is 10.2. The van der Waals surface area contributed by atoms with E-state index in [1.165, 1.54) is 6.21 Å². The average Bonchev–Trinajstić information content (AvgIpc) is 2.63. The van der Waals surface area contributed by atoms with Crippen molar-refractivity contribution in [2.75, 3.05) is 11.9 Å². The highest BCUT2D eigenvalue weighted by Gasteiger charge is 2.13. The molecule has 0 unspecified atom stereocenters. The molecular weight excluding hydrogens is 354 g/mol. The van der Waals surface area contributed by atoms with Crippen LogP contribution in [0.2, 0.25) is 5.02 Å². The van der Waals surface area contributed by atoms with E-state index in [0.29, 0.717) is 23.1 Å². The SMILES string of the molecule is C=CCOc1ccc(/C=N\NC(=O)C(=O)Nc2ccc(Cl)cc2C)cc1. The van der Waals surface area contributed by atoms with E-state index in [0.717, 1.165) is 11.1 Å². The van der Waals surface area contributed by atoms with Gasteiger partial charge in [0.1, 0.15) is 12.4 Å². The lowest BCUT2D eigenvalue weighted by molar-refractivity contribution is -0.136. The Balaban J connectivity index is 1.87. The predicted molar refractivity (Wildman–Crippen MR) is 103 cm³/mol. The molecule has 134 valence electrons. The summed E-state index contributed by atoms with van der Waals surface area (Å²) in [6, 6.07) is 12.0. The van der Waals surface area contributed by atoms with E-state index >= 15 is 0 Å². The van der Waals surface area contributed by atoms with Crippen molar-refractivity contribution < 1.29 is 14.3 Å². The highest BCUT2D eigenvalue weighted by molar-refractivity contribution is 6.39. The number of hydrazone groups is 1. The first-order chi connectivity index (χ1) is 12.5. The van der Waals surface area contributed by atoms with Gasteiger partial charge in [-0.25, -0.2) is 5.43 Å². The van der Waals surface area contributed by atoms with Crippen LogP contribution in [0.25, 0.3) is 0 Å². The van der Waals surface area contributed by atoms with E-state index < -0.39 is 11.8 Å². The first-order valence-corrected chi connectivity index (χ1v) is 8.11. The third kappa shape index (κ3) is 5.75. The maximum absolute atomic E-state index is 11.9. The Morgan fingerprint density at radius 2 is 1.92 bits per heavy atom. The van der Waals surface area contributed by atoms with Crippen LogP contribution in [-0.4, -0.2) is 24.6 Å². The molecule has 0 spiro atoms. The molecule has 0 saturated heterocycles. The minimum absolute atomic E-state index is 0.422. The summed E-state index contributed by atoms with van der Waals surface area (Å²) in [6.07, 6.45) is 3.08. The Hall–Kier alpha value is -3.12. The smallest absolute Gasteiger partial charge is 0.329 e. The molecular formula is C19H18ClN3O3. The minimum atomic E-state index is -0.874. The van der Waals surface area contributed by atoms with Crippen molar-refractivity contribution in [2.45, 2.75) is 6.92 Å². The van der Waals surface area contributed by atoms with Gasteiger partial charge >= 0.3 is 11.8 Å². The molecule has 0 aliphatic carbocycles. The van der Waals surface area contributed by atoms with E-state index in [-0.39, 0.29) is 0 Å². The third-order valence-electron chi connectivity index (χ3n) is 3.27. The number of nitrogens with zero attached hydrogens (tertiary/aromatic N) is 1. The van der Waals surface area contributed by atoms with E-state index in [2.05, 4.69) is 22.4 Å². The van der Waals surface area contributed by atoms with Gasteiger partial charge in [-0.15, -0.1) is 0 Å². The van der Waals surface area contributed by atoms with Gasteiger partial charge in [-0.05, 0) is 60.5 Å². The number of halogens is 1. The number of ether oxygens (including phenoxy) is 1. The van der Waals surface area contributed by atoms with Crippen molar-refractivity contribution in [1.29, 1.82) is 0 Å². The summed E-state index contributed by atoms with van der Waals surface area (Å²) in [4.78, 5) is 23.7. The molecule has 0 fully saturated rings. The van der Waals surface area contributed by atoms with Crippen LogP contribution in [0, 0.1) is 6.92 Å². The molecule has 26 heavy (non-hydrogen) atoms. The molecule has 0 heterocycles. The van der Waals surface area contributed by atoms with Crippen LogP contribution in [0.4, 0.5) is 5.69 Å². The van der Waals surface area contributed by atoms with Crippen LogP contribution in [0.1, 0.15) is 11.1 Å². The number of hydrogen-bond acceptors (Lipinski definition) is 4. The number of nitrogens with one attached hydrogen (secondary N) is 2. The number of benzene rings is 2. The summed E-state index contributed by atoms with van der Waals surface area (Å²) in [5, 5.41) is 6.83. The summed E-state index contributed by atoms with van der Waals surface area (Å²) in [7, 11) is 0. The molecule has 0 aliphatic rings. The van der Waals surface area contributed by atoms with Crippen LogP contribution in [0.5, 0.6) is 5.75 Å². The molecule has 0 aromatic heterocycles. The minimum Gasteiger partial charge on any atom is -0.490 e. The third-order valence-corrected chi connectivity index (χ3v) is 3.51. The number of hydrogen-bond donors (Lipinski definition) is 2. The molecule has 2 aromatic carbocycles.